The molecule has 0 heterocycles. The van der Waals surface area contributed by atoms with Crippen LogP contribution in [0.25, 0.3) is 0 Å². The van der Waals surface area contributed by atoms with Crippen LogP contribution in [-0.4, -0.2) is 31.8 Å². The third-order valence-electron chi connectivity index (χ3n) is 2.31. The van der Waals surface area contributed by atoms with Crippen LogP contribution in [0.5, 0.6) is 0 Å². The molecule has 1 unspecified atom stereocenters. The standard InChI is InChI=1S/C9H15F3O4S/c1-6(2)5-8(3,7(13)16-4)17(14,15)9(10,11)12/h6H,5H2,1-4H3. The van der Waals surface area contributed by atoms with E-state index in [1.807, 2.05) is 0 Å². The molecule has 0 bridgehead atoms. The van der Waals surface area contributed by atoms with Gasteiger partial charge in [0, 0.05) is 0 Å². The average molecular weight is 276 g/mol. The number of rotatable bonds is 4. The van der Waals surface area contributed by atoms with E-state index in [0.29, 0.717) is 0 Å². The van der Waals surface area contributed by atoms with E-state index in [4.69, 9.17) is 0 Å². The molecule has 102 valence electrons. The lowest BCUT2D eigenvalue weighted by Crippen LogP contribution is -2.51. The molecule has 0 saturated carbocycles. The molecule has 0 amide bonds. The van der Waals surface area contributed by atoms with Gasteiger partial charge in [-0.1, -0.05) is 13.8 Å². The molecule has 0 N–H and O–H groups in total. The number of hydrogen-bond donors (Lipinski definition) is 0. The van der Waals surface area contributed by atoms with E-state index >= 15 is 0 Å². The van der Waals surface area contributed by atoms with Crippen molar-refractivity contribution in [2.45, 2.75) is 37.4 Å². The Kier molecular flexibility index (Phi) is 4.61. The minimum Gasteiger partial charge on any atom is -0.468 e. The summed E-state index contributed by atoms with van der Waals surface area (Å²) >= 11 is 0. The van der Waals surface area contributed by atoms with Crippen molar-refractivity contribution < 1.29 is 31.1 Å². The van der Waals surface area contributed by atoms with Crippen LogP contribution in [0.15, 0.2) is 0 Å². The zero-order valence-corrected chi connectivity index (χ0v) is 10.8. The molecule has 17 heavy (non-hydrogen) atoms. The van der Waals surface area contributed by atoms with E-state index in [-0.39, 0.29) is 0 Å². The second-order valence-electron chi connectivity index (χ2n) is 4.27. The Bertz CT molecular complexity index is 386. The Labute approximate surface area is 98.1 Å². The lowest BCUT2D eigenvalue weighted by molar-refractivity contribution is -0.144. The molecule has 0 aliphatic heterocycles. The first-order valence-corrected chi connectivity index (χ1v) is 6.27. The maximum atomic E-state index is 12.5. The van der Waals surface area contributed by atoms with Crippen LogP contribution < -0.4 is 0 Å². The van der Waals surface area contributed by atoms with Gasteiger partial charge in [0.05, 0.1) is 7.11 Å². The average Bonchev–Trinajstić information content (AvgIpc) is 2.13. The summed E-state index contributed by atoms with van der Waals surface area (Å²) in [6.45, 7) is 3.78. The molecule has 0 aromatic rings. The predicted octanol–water partition coefficient (Wildman–Crippen LogP) is 1.90. The molecular weight excluding hydrogens is 261 g/mol. The summed E-state index contributed by atoms with van der Waals surface area (Å²) in [5, 5.41) is 0. The second-order valence-corrected chi connectivity index (χ2v) is 6.64. The van der Waals surface area contributed by atoms with Crippen LogP contribution in [0.3, 0.4) is 0 Å². The maximum Gasteiger partial charge on any atom is 0.498 e. The lowest BCUT2D eigenvalue weighted by atomic mass is 9.98. The minimum absolute atomic E-state index is 0.406. The number of sulfone groups is 1. The first-order chi connectivity index (χ1) is 7.40. The van der Waals surface area contributed by atoms with E-state index in [2.05, 4.69) is 4.74 Å². The molecule has 0 rings (SSSR count). The zero-order chi connectivity index (χ0) is 14.1. The highest BCUT2D eigenvalue weighted by Crippen LogP contribution is 2.38. The molecule has 1 atom stereocenters. The van der Waals surface area contributed by atoms with Crippen LogP contribution in [0.4, 0.5) is 13.2 Å². The highest BCUT2D eigenvalue weighted by Gasteiger charge is 2.61. The van der Waals surface area contributed by atoms with Gasteiger partial charge >= 0.3 is 11.5 Å². The summed E-state index contributed by atoms with van der Waals surface area (Å²) in [4.78, 5) is 11.4. The van der Waals surface area contributed by atoms with Gasteiger partial charge in [-0.2, -0.15) is 13.2 Å². The normalized spacial score (nSPS) is 16.7. The van der Waals surface area contributed by atoms with Crippen molar-refractivity contribution in [2.75, 3.05) is 7.11 Å². The molecule has 0 aliphatic rings. The van der Waals surface area contributed by atoms with Crippen molar-refractivity contribution in [3.63, 3.8) is 0 Å². The number of ether oxygens (including phenoxy) is 1. The van der Waals surface area contributed by atoms with Crippen LogP contribution in [0.2, 0.25) is 0 Å². The van der Waals surface area contributed by atoms with Gasteiger partial charge < -0.3 is 4.74 Å². The van der Waals surface area contributed by atoms with Crippen molar-refractivity contribution in [2.24, 2.45) is 5.92 Å². The fourth-order valence-corrected chi connectivity index (χ4v) is 2.92. The zero-order valence-electron chi connectivity index (χ0n) is 9.96. The third kappa shape index (κ3) is 2.91. The van der Waals surface area contributed by atoms with Crippen molar-refractivity contribution in [3.05, 3.63) is 0 Å². The highest BCUT2D eigenvalue weighted by atomic mass is 32.2. The topological polar surface area (TPSA) is 60.4 Å². The van der Waals surface area contributed by atoms with Gasteiger partial charge in [-0.05, 0) is 19.3 Å². The smallest absolute Gasteiger partial charge is 0.468 e. The molecule has 0 saturated heterocycles. The Balaban J connectivity index is 5.74. The summed E-state index contributed by atoms with van der Waals surface area (Å²) in [7, 11) is -4.77. The van der Waals surface area contributed by atoms with Crippen LogP contribution in [0.1, 0.15) is 27.2 Å². The molecule has 0 aromatic heterocycles. The molecule has 0 spiro atoms. The number of esters is 1. The Morgan fingerprint density at radius 3 is 1.94 bits per heavy atom. The fraction of sp³-hybridized carbons (Fsp3) is 0.889. The number of alkyl halides is 3. The number of carbonyl (C=O) groups excluding carboxylic acids is 1. The molecule has 0 radical (unpaired) electrons. The quantitative estimate of drug-likeness (QED) is 0.736. The summed E-state index contributed by atoms with van der Waals surface area (Å²) in [6, 6.07) is 0. The van der Waals surface area contributed by atoms with Crippen molar-refractivity contribution >= 4 is 15.8 Å². The van der Waals surface area contributed by atoms with Gasteiger partial charge in [-0.3, -0.25) is 4.79 Å². The maximum absolute atomic E-state index is 12.5. The SMILES string of the molecule is COC(=O)C(C)(CC(C)C)S(=O)(=O)C(F)(F)F. The van der Waals surface area contributed by atoms with Gasteiger partial charge in [0.15, 0.2) is 4.75 Å². The fourth-order valence-electron chi connectivity index (χ4n) is 1.55. The molecule has 0 aliphatic carbocycles. The first-order valence-electron chi connectivity index (χ1n) is 4.79. The van der Waals surface area contributed by atoms with E-state index in [0.717, 1.165) is 14.0 Å². The van der Waals surface area contributed by atoms with E-state index < -0.39 is 38.4 Å². The van der Waals surface area contributed by atoms with Gasteiger partial charge in [0.25, 0.3) is 9.84 Å². The molecule has 8 heteroatoms. The van der Waals surface area contributed by atoms with Crippen LogP contribution >= 0.6 is 0 Å². The van der Waals surface area contributed by atoms with E-state index in [1.165, 1.54) is 13.8 Å². The third-order valence-corrected chi connectivity index (χ3v) is 4.44. The monoisotopic (exact) mass is 276 g/mol. The van der Waals surface area contributed by atoms with E-state index in [9.17, 15) is 26.4 Å². The predicted molar refractivity (Wildman–Crippen MR) is 54.9 cm³/mol. The number of halogens is 3. The van der Waals surface area contributed by atoms with Gasteiger partial charge in [0.1, 0.15) is 0 Å². The van der Waals surface area contributed by atoms with Crippen LogP contribution in [0, 0.1) is 5.92 Å². The summed E-state index contributed by atoms with van der Waals surface area (Å²) in [5.74, 6) is -1.81. The molecular formula is C9H15F3O4S. The van der Waals surface area contributed by atoms with Crippen molar-refractivity contribution in [1.82, 2.24) is 0 Å². The van der Waals surface area contributed by atoms with Crippen molar-refractivity contribution in [1.29, 1.82) is 0 Å². The largest absolute Gasteiger partial charge is 0.498 e. The molecule has 0 aromatic carbocycles. The minimum atomic E-state index is -5.62. The number of methoxy groups -OCH3 is 1. The van der Waals surface area contributed by atoms with Gasteiger partial charge in [0.2, 0.25) is 0 Å². The Hall–Kier alpha value is -0.790. The number of hydrogen-bond acceptors (Lipinski definition) is 4. The first kappa shape index (κ1) is 16.2. The summed E-state index contributed by atoms with van der Waals surface area (Å²) < 4.78 is 61.8. The Morgan fingerprint density at radius 2 is 1.71 bits per heavy atom. The molecule has 0 fully saturated rings. The summed E-state index contributed by atoms with van der Waals surface area (Å²) in [6.07, 6.45) is -0.457. The Morgan fingerprint density at radius 1 is 1.29 bits per heavy atom. The second kappa shape index (κ2) is 4.83. The van der Waals surface area contributed by atoms with Crippen molar-refractivity contribution in [3.8, 4) is 0 Å². The molecule has 4 nitrogen and oxygen atoms in total. The van der Waals surface area contributed by atoms with Gasteiger partial charge in [-0.15, -0.1) is 0 Å². The summed E-state index contributed by atoms with van der Waals surface area (Å²) in [5.41, 5.74) is -5.48. The van der Waals surface area contributed by atoms with Crippen LogP contribution in [-0.2, 0) is 19.4 Å². The lowest BCUT2D eigenvalue weighted by Gasteiger charge is -2.28. The van der Waals surface area contributed by atoms with E-state index in [1.54, 1.807) is 0 Å². The number of carbonyl (C=O) groups is 1. The highest BCUT2D eigenvalue weighted by molar-refractivity contribution is 7.94. The van der Waals surface area contributed by atoms with Gasteiger partial charge in [-0.25, -0.2) is 8.42 Å².